The molecule has 1 atom stereocenters. The Morgan fingerprint density at radius 2 is 1.97 bits per heavy atom. The van der Waals surface area contributed by atoms with Crippen LogP contribution in [0, 0.1) is 6.92 Å². The van der Waals surface area contributed by atoms with E-state index in [2.05, 4.69) is 25.3 Å². The Hall–Kier alpha value is -3.33. The molecular weight excluding hydrogens is 370 g/mol. The van der Waals surface area contributed by atoms with E-state index in [-0.39, 0.29) is 11.7 Å². The second-order valence-electron chi connectivity index (χ2n) is 7.32. The van der Waals surface area contributed by atoms with Crippen LogP contribution in [0.25, 0.3) is 22.2 Å². The Bertz CT molecular complexity index is 1270. The summed E-state index contributed by atoms with van der Waals surface area (Å²) in [7, 11) is 1.74. The molecule has 1 aromatic carbocycles. The summed E-state index contributed by atoms with van der Waals surface area (Å²) in [6, 6.07) is 3.89. The minimum atomic E-state index is -0.0980. The molecule has 3 aromatic heterocycles. The third-order valence-electron chi connectivity index (χ3n) is 5.40. The van der Waals surface area contributed by atoms with E-state index >= 15 is 0 Å². The highest BCUT2D eigenvalue weighted by Gasteiger charge is 2.23. The molecular formula is C20H21N7O2. The van der Waals surface area contributed by atoms with Crippen molar-refractivity contribution < 1.29 is 4.74 Å². The third-order valence-corrected chi connectivity index (χ3v) is 5.40. The van der Waals surface area contributed by atoms with Crippen LogP contribution in [0.1, 0.15) is 24.4 Å². The summed E-state index contributed by atoms with van der Waals surface area (Å²) in [5.41, 5.74) is 4.70. The maximum absolute atomic E-state index is 12.8. The van der Waals surface area contributed by atoms with Gasteiger partial charge in [-0.05, 0) is 37.5 Å². The smallest absolute Gasteiger partial charge is 0.330 e. The van der Waals surface area contributed by atoms with Gasteiger partial charge in [0.1, 0.15) is 5.52 Å². The van der Waals surface area contributed by atoms with Gasteiger partial charge in [-0.15, -0.1) is 0 Å². The largest absolute Gasteiger partial charge is 0.379 e. The molecule has 1 fully saturated rings. The van der Waals surface area contributed by atoms with E-state index in [9.17, 15) is 4.79 Å². The fraction of sp³-hybridized carbons (Fsp3) is 0.350. The topological polar surface area (TPSA) is 99.8 Å². The van der Waals surface area contributed by atoms with Crippen molar-refractivity contribution >= 4 is 33.8 Å². The molecule has 4 aromatic rings. The first-order valence-corrected chi connectivity index (χ1v) is 9.62. The number of nitrogens with one attached hydrogen (secondary N) is 1. The van der Waals surface area contributed by atoms with E-state index in [1.54, 1.807) is 34.8 Å². The number of anilines is 2. The molecule has 9 nitrogen and oxygen atoms in total. The highest BCUT2D eigenvalue weighted by Crippen LogP contribution is 2.25. The van der Waals surface area contributed by atoms with Crippen LogP contribution >= 0.6 is 0 Å². The summed E-state index contributed by atoms with van der Waals surface area (Å²) in [5.74, 6) is 0.430. The molecule has 0 radical (unpaired) electrons. The van der Waals surface area contributed by atoms with Crippen molar-refractivity contribution in [2.45, 2.75) is 25.8 Å². The number of ether oxygens (including phenoxy) is 1. The Morgan fingerprint density at radius 1 is 1.17 bits per heavy atom. The molecule has 0 saturated carbocycles. The Morgan fingerprint density at radius 3 is 2.72 bits per heavy atom. The number of aryl methyl sites for hydroxylation is 2. The Labute approximate surface area is 166 Å². The average Bonchev–Trinajstić information content (AvgIpc) is 2.99. The van der Waals surface area contributed by atoms with Gasteiger partial charge in [0.15, 0.2) is 5.65 Å². The predicted octanol–water partition coefficient (Wildman–Crippen LogP) is 2.48. The fourth-order valence-corrected chi connectivity index (χ4v) is 3.82. The van der Waals surface area contributed by atoms with Crippen molar-refractivity contribution in [1.82, 2.24) is 29.1 Å². The van der Waals surface area contributed by atoms with Gasteiger partial charge in [-0.3, -0.25) is 19.1 Å². The van der Waals surface area contributed by atoms with Crippen molar-refractivity contribution in [2.75, 3.05) is 18.5 Å². The minimum absolute atomic E-state index is 0.0135. The van der Waals surface area contributed by atoms with Crippen LogP contribution in [0.15, 0.2) is 35.5 Å². The first kappa shape index (κ1) is 17.7. The molecule has 0 aliphatic carbocycles. The lowest BCUT2D eigenvalue weighted by atomic mass is 10.1. The molecule has 1 aliphatic rings. The van der Waals surface area contributed by atoms with Crippen LogP contribution in [0.2, 0.25) is 0 Å². The first-order valence-electron chi connectivity index (χ1n) is 9.62. The van der Waals surface area contributed by atoms with Crippen molar-refractivity contribution in [3.8, 4) is 0 Å². The standard InChI is InChI=1S/C20H21N7O2/c1-12-8-15-16(22-6-5-21-15)9-14(12)24-19-23-10-17-18(25-19)27(20(28)26(17)2)13-4-3-7-29-11-13/h5-6,8-10,13H,3-4,7,11H2,1-2H3,(H,23,24,25). The van der Waals surface area contributed by atoms with Gasteiger partial charge in [0.25, 0.3) is 0 Å². The van der Waals surface area contributed by atoms with Gasteiger partial charge in [-0.2, -0.15) is 4.98 Å². The van der Waals surface area contributed by atoms with E-state index in [0.717, 1.165) is 41.7 Å². The summed E-state index contributed by atoms with van der Waals surface area (Å²) >= 11 is 0. The van der Waals surface area contributed by atoms with E-state index in [1.165, 1.54) is 0 Å². The van der Waals surface area contributed by atoms with Gasteiger partial charge in [0.05, 0.1) is 29.9 Å². The van der Waals surface area contributed by atoms with Crippen LogP contribution in [0.5, 0.6) is 0 Å². The fourth-order valence-electron chi connectivity index (χ4n) is 3.82. The predicted molar refractivity (Wildman–Crippen MR) is 109 cm³/mol. The number of benzene rings is 1. The molecule has 5 rings (SSSR count). The lowest BCUT2D eigenvalue weighted by Crippen LogP contribution is -2.31. The monoisotopic (exact) mass is 391 g/mol. The van der Waals surface area contributed by atoms with Gasteiger partial charge in [-0.1, -0.05) is 0 Å². The Balaban J connectivity index is 1.58. The molecule has 0 amide bonds. The highest BCUT2D eigenvalue weighted by molar-refractivity contribution is 5.82. The van der Waals surface area contributed by atoms with Crippen molar-refractivity contribution in [3.05, 3.63) is 46.8 Å². The number of rotatable bonds is 3. The number of hydrogen-bond donors (Lipinski definition) is 1. The van der Waals surface area contributed by atoms with Crippen LogP contribution in [0.3, 0.4) is 0 Å². The van der Waals surface area contributed by atoms with E-state index in [1.807, 2.05) is 19.1 Å². The molecule has 9 heteroatoms. The summed E-state index contributed by atoms with van der Waals surface area (Å²) in [4.78, 5) is 30.6. The van der Waals surface area contributed by atoms with Gasteiger partial charge >= 0.3 is 5.69 Å². The first-order chi connectivity index (χ1) is 14.1. The summed E-state index contributed by atoms with van der Waals surface area (Å²) in [5, 5.41) is 3.27. The van der Waals surface area contributed by atoms with Gasteiger partial charge < -0.3 is 10.1 Å². The highest BCUT2D eigenvalue weighted by atomic mass is 16.5. The minimum Gasteiger partial charge on any atom is -0.379 e. The van der Waals surface area contributed by atoms with Crippen molar-refractivity contribution in [1.29, 1.82) is 0 Å². The summed E-state index contributed by atoms with van der Waals surface area (Å²) in [6.45, 7) is 3.25. The van der Waals surface area contributed by atoms with Crippen molar-refractivity contribution in [2.24, 2.45) is 7.05 Å². The van der Waals surface area contributed by atoms with Crippen LogP contribution in [0.4, 0.5) is 11.6 Å². The van der Waals surface area contributed by atoms with Crippen LogP contribution < -0.4 is 11.0 Å². The van der Waals surface area contributed by atoms with E-state index in [4.69, 9.17) is 4.74 Å². The second-order valence-corrected chi connectivity index (χ2v) is 7.32. The third kappa shape index (κ3) is 3.03. The SMILES string of the molecule is Cc1cc2nccnc2cc1Nc1ncc2c(n1)n(C1CCCOC1)c(=O)n2C. The Kier molecular flexibility index (Phi) is 4.24. The normalized spacial score (nSPS) is 17.1. The van der Waals surface area contributed by atoms with Gasteiger partial charge in [-0.25, -0.2) is 9.78 Å². The van der Waals surface area contributed by atoms with Crippen molar-refractivity contribution in [3.63, 3.8) is 0 Å². The molecule has 0 spiro atoms. The molecule has 29 heavy (non-hydrogen) atoms. The quantitative estimate of drug-likeness (QED) is 0.573. The molecule has 1 unspecified atom stereocenters. The van der Waals surface area contributed by atoms with Gasteiger partial charge in [0.2, 0.25) is 5.95 Å². The molecule has 1 saturated heterocycles. The molecule has 0 bridgehead atoms. The lowest BCUT2D eigenvalue weighted by molar-refractivity contribution is 0.0591. The number of hydrogen-bond acceptors (Lipinski definition) is 7. The number of fused-ring (bicyclic) bond motifs is 2. The number of nitrogens with zero attached hydrogens (tertiary/aromatic N) is 6. The average molecular weight is 391 g/mol. The van der Waals surface area contributed by atoms with Gasteiger partial charge in [0, 0.05) is 31.7 Å². The number of imidazole rings is 1. The molecule has 1 N–H and O–H groups in total. The zero-order valence-corrected chi connectivity index (χ0v) is 16.3. The van der Waals surface area contributed by atoms with E-state index in [0.29, 0.717) is 23.7 Å². The maximum Gasteiger partial charge on any atom is 0.330 e. The summed E-state index contributed by atoms with van der Waals surface area (Å²) in [6.07, 6.45) is 6.85. The summed E-state index contributed by atoms with van der Waals surface area (Å²) < 4.78 is 8.92. The van der Waals surface area contributed by atoms with Crippen LogP contribution in [-0.4, -0.2) is 42.3 Å². The van der Waals surface area contributed by atoms with E-state index < -0.39 is 0 Å². The maximum atomic E-state index is 12.8. The second kappa shape index (κ2) is 6.93. The molecule has 148 valence electrons. The molecule has 4 heterocycles. The van der Waals surface area contributed by atoms with Crippen LogP contribution in [-0.2, 0) is 11.8 Å². The number of aromatic nitrogens is 6. The lowest BCUT2D eigenvalue weighted by Gasteiger charge is -2.22. The zero-order chi connectivity index (χ0) is 20.0. The zero-order valence-electron chi connectivity index (χ0n) is 16.3. The molecule has 1 aliphatic heterocycles.